The molecule has 0 aliphatic rings. The summed E-state index contributed by atoms with van der Waals surface area (Å²) in [7, 11) is 0. The highest BCUT2D eigenvalue weighted by molar-refractivity contribution is 5.88. The average Bonchev–Trinajstić information content (AvgIpc) is 2.23. The van der Waals surface area contributed by atoms with Crippen molar-refractivity contribution in [1.29, 1.82) is 0 Å². The minimum atomic E-state index is -0.250. The molecule has 0 fully saturated rings. The zero-order valence-corrected chi connectivity index (χ0v) is 9.82. The van der Waals surface area contributed by atoms with Crippen molar-refractivity contribution in [3.8, 4) is 0 Å². The fourth-order valence-corrected chi connectivity index (χ4v) is 0.918. The molecule has 0 saturated carbocycles. The molecule has 0 N–H and O–H groups in total. The second kappa shape index (κ2) is 9.25. The minimum absolute atomic E-state index is 0.250. The average molecular weight is 208 g/mol. The molecule has 0 amide bonds. The van der Waals surface area contributed by atoms with E-state index < -0.39 is 0 Å². The molecule has 0 aromatic carbocycles. The first kappa shape index (κ1) is 13.7. The van der Waals surface area contributed by atoms with E-state index in [9.17, 15) is 4.79 Å². The van der Waals surface area contributed by atoms with Crippen molar-refractivity contribution in [2.75, 3.05) is 6.61 Å². The molecule has 0 rings (SSSR count). The van der Waals surface area contributed by atoms with Crippen LogP contribution in [0.3, 0.4) is 0 Å². The maximum Gasteiger partial charge on any atom is 0.333 e. The van der Waals surface area contributed by atoms with Crippen molar-refractivity contribution >= 4 is 5.97 Å². The molecule has 0 bridgehead atoms. The normalized spacial score (nSPS) is 12.6. The Morgan fingerprint density at radius 2 is 1.93 bits per heavy atom. The highest BCUT2D eigenvalue weighted by Crippen LogP contribution is 1.97. The second-order valence-corrected chi connectivity index (χ2v) is 3.17. The van der Waals surface area contributed by atoms with Crippen LogP contribution in [0.25, 0.3) is 0 Å². The Kier molecular flexibility index (Phi) is 8.44. The van der Waals surface area contributed by atoms with Gasteiger partial charge in [-0.25, -0.2) is 4.79 Å². The van der Waals surface area contributed by atoms with Gasteiger partial charge in [0, 0.05) is 5.57 Å². The zero-order chi connectivity index (χ0) is 11.5. The first-order valence-corrected chi connectivity index (χ1v) is 5.39. The summed E-state index contributed by atoms with van der Waals surface area (Å²) in [5.41, 5.74) is 0.622. The topological polar surface area (TPSA) is 26.3 Å². The number of ether oxygens (including phenoxy) is 1. The van der Waals surface area contributed by atoms with E-state index in [2.05, 4.69) is 13.0 Å². The van der Waals surface area contributed by atoms with Gasteiger partial charge in [0.05, 0.1) is 6.61 Å². The van der Waals surface area contributed by atoms with Gasteiger partial charge in [0.2, 0.25) is 0 Å². The zero-order valence-electron chi connectivity index (χ0n) is 9.82. The number of unbranched alkanes of at least 4 members (excludes halogenated alkanes) is 1. The summed E-state index contributed by atoms with van der Waals surface area (Å²) in [5.74, 6) is -0.250. The summed E-state index contributed by atoms with van der Waals surface area (Å²) in [6, 6.07) is 0. The van der Waals surface area contributed by atoms with Gasteiger partial charge in [-0.3, -0.25) is 0 Å². The number of hydrogen-bond donors (Lipinski definition) is 0. The summed E-state index contributed by atoms with van der Waals surface area (Å²) in [5, 5.41) is 0. The van der Waals surface area contributed by atoms with Crippen LogP contribution in [0.15, 0.2) is 36.0 Å². The number of hydrogen-bond acceptors (Lipinski definition) is 2. The molecule has 2 nitrogen and oxygen atoms in total. The molecule has 0 aromatic rings. The molecular formula is C13H20O2. The van der Waals surface area contributed by atoms with Gasteiger partial charge in [0.15, 0.2) is 0 Å². The molecule has 0 heterocycles. The smallest absolute Gasteiger partial charge is 0.333 e. The van der Waals surface area contributed by atoms with E-state index in [1.165, 1.54) is 0 Å². The van der Waals surface area contributed by atoms with Crippen molar-refractivity contribution in [3.63, 3.8) is 0 Å². The second-order valence-electron chi connectivity index (χ2n) is 3.17. The quantitative estimate of drug-likeness (QED) is 0.380. The summed E-state index contributed by atoms with van der Waals surface area (Å²) in [6.45, 7) is 6.11. The highest BCUT2D eigenvalue weighted by Gasteiger charge is 2.01. The molecule has 0 aliphatic heterocycles. The lowest BCUT2D eigenvalue weighted by atomic mass is 10.2. The van der Waals surface area contributed by atoms with Crippen LogP contribution in [0.2, 0.25) is 0 Å². The maximum absolute atomic E-state index is 11.2. The van der Waals surface area contributed by atoms with Gasteiger partial charge in [-0.2, -0.15) is 0 Å². The van der Waals surface area contributed by atoms with Crippen LogP contribution >= 0.6 is 0 Å². The molecule has 0 aromatic heterocycles. The Hall–Kier alpha value is -1.31. The standard InChI is InChI=1S/C13H20O2/c1-4-6-7-8-9-10-11-12(3)13(14)15-5-2/h7-11H,4-6H2,1-3H3/b8-7-,10-9+,12-11+. The SMILES string of the molecule is CCC\C=C/C=C/C=C(\C)C(=O)OCC. The van der Waals surface area contributed by atoms with Crippen LogP contribution in [0.4, 0.5) is 0 Å². The lowest BCUT2D eigenvalue weighted by molar-refractivity contribution is -0.138. The van der Waals surface area contributed by atoms with E-state index in [1.54, 1.807) is 19.9 Å². The Morgan fingerprint density at radius 3 is 2.53 bits per heavy atom. The first-order valence-electron chi connectivity index (χ1n) is 5.39. The molecule has 2 heteroatoms. The number of esters is 1. The van der Waals surface area contributed by atoms with Crippen LogP contribution in [0, 0.1) is 0 Å². The molecule has 15 heavy (non-hydrogen) atoms. The van der Waals surface area contributed by atoms with E-state index in [0.717, 1.165) is 12.8 Å². The molecule has 0 aliphatic carbocycles. The summed E-state index contributed by atoms with van der Waals surface area (Å²) < 4.78 is 4.84. The lowest BCUT2D eigenvalue weighted by Gasteiger charge is -1.98. The molecular weight excluding hydrogens is 188 g/mol. The highest BCUT2D eigenvalue weighted by atomic mass is 16.5. The van der Waals surface area contributed by atoms with Gasteiger partial charge in [0.1, 0.15) is 0 Å². The molecule has 84 valence electrons. The first-order chi connectivity index (χ1) is 7.22. The number of rotatable bonds is 6. The monoisotopic (exact) mass is 208 g/mol. The Bertz CT molecular complexity index is 260. The predicted octanol–water partition coefficient (Wildman–Crippen LogP) is 3.41. The third kappa shape index (κ3) is 7.74. The van der Waals surface area contributed by atoms with Gasteiger partial charge in [0.25, 0.3) is 0 Å². The Labute approximate surface area is 92.3 Å². The van der Waals surface area contributed by atoms with Crippen LogP contribution in [0.5, 0.6) is 0 Å². The van der Waals surface area contributed by atoms with Crippen molar-refractivity contribution < 1.29 is 9.53 Å². The van der Waals surface area contributed by atoms with Crippen LogP contribution in [-0.2, 0) is 9.53 Å². The van der Waals surface area contributed by atoms with Crippen LogP contribution < -0.4 is 0 Å². The van der Waals surface area contributed by atoms with E-state index in [4.69, 9.17) is 4.74 Å². The fourth-order valence-electron chi connectivity index (χ4n) is 0.918. The molecule has 0 saturated heterocycles. The van der Waals surface area contributed by atoms with E-state index >= 15 is 0 Å². The fraction of sp³-hybridized carbons (Fsp3) is 0.462. The van der Waals surface area contributed by atoms with Crippen molar-refractivity contribution in [2.45, 2.75) is 33.6 Å². The van der Waals surface area contributed by atoms with Gasteiger partial charge in [-0.15, -0.1) is 0 Å². The van der Waals surface area contributed by atoms with Crippen molar-refractivity contribution in [2.24, 2.45) is 0 Å². The van der Waals surface area contributed by atoms with Gasteiger partial charge in [-0.05, 0) is 20.3 Å². The molecule has 0 spiro atoms. The maximum atomic E-state index is 11.2. The summed E-state index contributed by atoms with van der Waals surface area (Å²) in [4.78, 5) is 11.2. The van der Waals surface area contributed by atoms with Gasteiger partial charge < -0.3 is 4.74 Å². The summed E-state index contributed by atoms with van der Waals surface area (Å²) in [6.07, 6.45) is 11.8. The van der Waals surface area contributed by atoms with Crippen LogP contribution in [-0.4, -0.2) is 12.6 Å². The minimum Gasteiger partial charge on any atom is -0.463 e. The third-order valence-corrected chi connectivity index (χ3v) is 1.76. The molecule has 0 atom stereocenters. The number of allylic oxidation sites excluding steroid dienone is 5. The largest absolute Gasteiger partial charge is 0.463 e. The number of carbonyl (C=O) groups is 1. The van der Waals surface area contributed by atoms with E-state index in [-0.39, 0.29) is 5.97 Å². The van der Waals surface area contributed by atoms with Crippen LogP contribution in [0.1, 0.15) is 33.6 Å². The predicted molar refractivity (Wildman–Crippen MR) is 63.6 cm³/mol. The summed E-state index contributed by atoms with van der Waals surface area (Å²) >= 11 is 0. The van der Waals surface area contributed by atoms with Gasteiger partial charge in [-0.1, -0.05) is 43.7 Å². The van der Waals surface area contributed by atoms with Gasteiger partial charge >= 0.3 is 5.97 Å². The lowest BCUT2D eigenvalue weighted by Crippen LogP contribution is -2.04. The van der Waals surface area contributed by atoms with E-state index in [1.807, 2.05) is 18.2 Å². The van der Waals surface area contributed by atoms with Crippen molar-refractivity contribution in [3.05, 3.63) is 36.0 Å². The number of carbonyl (C=O) groups excluding carboxylic acids is 1. The molecule has 0 radical (unpaired) electrons. The van der Waals surface area contributed by atoms with Crippen molar-refractivity contribution in [1.82, 2.24) is 0 Å². The Morgan fingerprint density at radius 1 is 1.20 bits per heavy atom. The Balaban J connectivity index is 3.98. The molecule has 0 unspecified atom stereocenters. The third-order valence-electron chi connectivity index (χ3n) is 1.76. The van der Waals surface area contributed by atoms with E-state index in [0.29, 0.717) is 12.2 Å².